The third-order valence-electron chi connectivity index (χ3n) is 1.80. The van der Waals surface area contributed by atoms with Crippen molar-refractivity contribution in [3.8, 4) is 0 Å². The molecule has 0 aromatic carbocycles. The van der Waals surface area contributed by atoms with Crippen LogP contribution in [0.5, 0.6) is 0 Å². The number of hydrogen-bond donors (Lipinski definition) is 0. The molecule has 0 radical (unpaired) electrons. The first kappa shape index (κ1) is 11.4. The summed E-state index contributed by atoms with van der Waals surface area (Å²) in [6.45, 7) is 0.574. The Balaban J connectivity index is 2.41. The molecule has 0 aliphatic rings. The van der Waals surface area contributed by atoms with E-state index in [1.807, 2.05) is 12.1 Å². The van der Waals surface area contributed by atoms with Gasteiger partial charge >= 0.3 is 0 Å². The Kier molecular flexibility index (Phi) is 4.28. The number of amides is 1. The van der Waals surface area contributed by atoms with E-state index in [1.54, 1.807) is 18.4 Å². The average Bonchev–Trinajstić information content (AvgIpc) is 2.59. The number of thiophene rings is 1. The predicted octanol–water partition coefficient (Wildman–Crippen LogP) is 1.71. The highest BCUT2D eigenvalue weighted by Gasteiger charge is 2.06. The molecule has 1 aromatic rings. The van der Waals surface area contributed by atoms with E-state index in [0.717, 1.165) is 10.2 Å². The molecule has 1 rings (SSSR count). The van der Waals surface area contributed by atoms with E-state index in [0.29, 0.717) is 12.8 Å². The molecule has 0 spiro atoms. The molecule has 0 saturated carbocycles. The van der Waals surface area contributed by atoms with Crippen LogP contribution in [0.2, 0.25) is 0 Å². The third kappa shape index (κ3) is 3.23. The summed E-state index contributed by atoms with van der Waals surface area (Å²) in [6, 6.07) is 3.98. The predicted molar refractivity (Wildman–Crippen MR) is 59.4 cm³/mol. The Hall–Kier alpha value is -0.680. The van der Waals surface area contributed by atoms with E-state index in [4.69, 9.17) is 0 Å². The van der Waals surface area contributed by atoms with Crippen LogP contribution in [0, 0.1) is 0 Å². The lowest BCUT2D eigenvalue weighted by Crippen LogP contribution is -2.29. The zero-order valence-electron chi connectivity index (χ0n) is 7.70. The van der Waals surface area contributed by atoms with Gasteiger partial charge in [0, 0.05) is 18.5 Å². The first-order chi connectivity index (χ1) is 6.63. The molecule has 0 saturated heterocycles. The van der Waals surface area contributed by atoms with E-state index in [2.05, 4.69) is 15.9 Å². The molecule has 1 heterocycles. The largest absolute Gasteiger partial charge is 0.339 e. The number of hydrogen-bond acceptors (Lipinski definition) is 3. The van der Waals surface area contributed by atoms with Crippen LogP contribution in [0.25, 0.3) is 0 Å². The Morgan fingerprint density at radius 3 is 2.86 bits per heavy atom. The summed E-state index contributed by atoms with van der Waals surface area (Å²) in [5.74, 6) is -0.472. The number of nitrogens with zero attached hydrogens (tertiary/aromatic N) is 1. The minimum Gasteiger partial charge on any atom is -0.339 e. The van der Waals surface area contributed by atoms with Crippen LogP contribution in [0.4, 0.5) is 0 Å². The van der Waals surface area contributed by atoms with Crippen molar-refractivity contribution in [2.75, 3.05) is 13.6 Å². The van der Waals surface area contributed by atoms with Gasteiger partial charge in [-0.2, -0.15) is 0 Å². The fourth-order valence-corrected chi connectivity index (χ4v) is 2.44. The maximum atomic E-state index is 10.9. The maximum absolute atomic E-state index is 10.9. The average molecular weight is 276 g/mol. The highest BCUT2D eigenvalue weighted by molar-refractivity contribution is 9.11. The molecule has 0 atom stereocenters. The molecule has 76 valence electrons. The van der Waals surface area contributed by atoms with Gasteiger partial charge in [-0.3, -0.25) is 9.59 Å². The molecule has 0 unspecified atom stereocenters. The second-order valence-electron chi connectivity index (χ2n) is 2.83. The smallest absolute Gasteiger partial charge is 0.286 e. The molecular formula is C9H10BrNO2S. The highest BCUT2D eigenvalue weighted by atomic mass is 79.9. The van der Waals surface area contributed by atoms with Gasteiger partial charge in [-0.1, -0.05) is 0 Å². The Morgan fingerprint density at radius 1 is 1.64 bits per heavy atom. The Labute approximate surface area is 94.8 Å². The minimum atomic E-state index is -0.472. The lowest BCUT2D eigenvalue weighted by atomic mass is 10.3. The van der Waals surface area contributed by atoms with Gasteiger partial charge in [0.1, 0.15) is 0 Å². The summed E-state index contributed by atoms with van der Waals surface area (Å²) >= 11 is 5.00. The van der Waals surface area contributed by atoms with Gasteiger partial charge in [0.25, 0.3) is 5.91 Å². The van der Waals surface area contributed by atoms with E-state index in [9.17, 15) is 9.59 Å². The molecule has 0 bridgehead atoms. The van der Waals surface area contributed by atoms with Crippen LogP contribution >= 0.6 is 27.3 Å². The zero-order chi connectivity index (χ0) is 10.6. The summed E-state index contributed by atoms with van der Waals surface area (Å²) < 4.78 is 1.08. The number of carbonyl (C=O) groups is 2. The number of likely N-dealkylation sites (N-methyl/N-ethyl adjacent to an activating group) is 1. The third-order valence-corrected chi connectivity index (χ3v) is 3.48. The van der Waals surface area contributed by atoms with Crippen LogP contribution in [-0.2, 0) is 16.0 Å². The Morgan fingerprint density at radius 2 is 2.36 bits per heavy atom. The second-order valence-corrected chi connectivity index (χ2v) is 5.38. The molecular weight excluding hydrogens is 266 g/mol. The first-order valence-corrected chi connectivity index (χ1v) is 5.69. The second kappa shape index (κ2) is 5.26. The minimum absolute atomic E-state index is 0.338. The fraction of sp³-hybridized carbons (Fsp3) is 0.333. The van der Waals surface area contributed by atoms with E-state index in [1.165, 1.54) is 9.78 Å². The number of aldehydes is 1. The summed E-state index contributed by atoms with van der Waals surface area (Å²) in [5.41, 5.74) is 0. The van der Waals surface area contributed by atoms with Gasteiger partial charge in [-0.05, 0) is 34.5 Å². The molecule has 14 heavy (non-hydrogen) atoms. The van der Waals surface area contributed by atoms with E-state index in [-0.39, 0.29) is 0 Å². The molecule has 0 fully saturated rings. The number of rotatable bonds is 4. The van der Waals surface area contributed by atoms with Gasteiger partial charge in [0.15, 0.2) is 0 Å². The van der Waals surface area contributed by atoms with Crippen molar-refractivity contribution in [3.63, 3.8) is 0 Å². The molecule has 1 amide bonds. The van der Waals surface area contributed by atoms with E-state index >= 15 is 0 Å². The van der Waals surface area contributed by atoms with Crippen molar-refractivity contribution in [3.05, 3.63) is 20.8 Å². The van der Waals surface area contributed by atoms with Crippen molar-refractivity contribution >= 4 is 39.5 Å². The molecule has 5 heteroatoms. The van der Waals surface area contributed by atoms with Crippen molar-refractivity contribution in [2.24, 2.45) is 0 Å². The highest BCUT2D eigenvalue weighted by Crippen LogP contribution is 2.22. The van der Waals surface area contributed by atoms with E-state index < -0.39 is 5.91 Å². The van der Waals surface area contributed by atoms with Gasteiger partial charge in [-0.25, -0.2) is 0 Å². The summed E-state index contributed by atoms with van der Waals surface area (Å²) in [7, 11) is 1.62. The van der Waals surface area contributed by atoms with Crippen molar-refractivity contribution in [2.45, 2.75) is 6.42 Å². The summed E-state index contributed by atoms with van der Waals surface area (Å²) in [5, 5.41) is 0. The first-order valence-electron chi connectivity index (χ1n) is 4.08. The SMILES string of the molecule is CN(CCc1ccc(Br)s1)C(=O)C=O. The lowest BCUT2D eigenvalue weighted by Gasteiger charge is -2.12. The van der Waals surface area contributed by atoms with Gasteiger partial charge in [0.2, 0.25) is 6.29 Å². The van der Waals surface area contributed by atoms with Gasteiger partial charge in [0.05, 0.1) is 3.79 Å². The summed E-state index contributed by atoms with van der Waals surface area (Å²) in [4.78, 5) is 23.7. The molecule has 0 N–H and O–H groups in total. The van der Waals surface area contributed by atoms with Crippen molar-refractivity contribution < 1.29 is 9.59 Å². The van der Waals surface area contributed by atoms with Crippen LogP contribution in [-0.4, -0.2) is 30.7 Å². The molecule has 0 aliphatic carbocycles. The molecule has 1 aromatic heterocycles. The van der Waals surface area contributed by atoms with Gasteiger partial charge < -0.3 is 4.90 Å². The zero-order valence-corrected chi connectivity index (χ0v) is 10.1. The molecule has 3 nitrogen and oxygen atoms in total. The van der Waals surface area contributed by atoms with Crippen LogP contribution in [0.3, 0.4) is 0 Å². The standard InChI is InChI=1S/C9H10BrNO2S/c1-11(9(13)6-12)5-4-7-2-3-8(10)14-7/h2-3,6H,4-5H2,1H3. The molecule has 0 aliphatic heterocycles. The van der Waals surface area contributed by atoms with Gasteiger partial charge in [-0.15, -0.1) is 11.3 Å². The maximum Gasteiger partial charge on any atom is 0.286 e. The van der Waals surface area contributed by atoms with Crippen LogP contribution in [0.1, 0.15) is 4.88 Å². The summed E-state index contributed by atoms with van der Waals surface area (Å²) in [6.07, 6.45) is 1.12. The van der Waals surface area contributed by atoms with Crippen molar-refractivity contribution in [1.29, 1.82) is 0 Å². The fourth-order valence-electron chi connectivity index (χ4n) is 0.964. The Bertz CT molecular complexity index is 337. The lowest BCUT2D eigenvalue weighted by molar-refractivity contribution is -0.137. The van der Waals surface area contributed by atoms with Crippen LogP contribution in [0.15, 0.2) is 15.9 Å². The quantitative estimate of drug-likeness (QED) is 0.620. The number of carbonyl (C=O) groups excluding carboxylic acids is 2. The van der Waals surface area contributed by atoms with Crippen LogP contribution < -0.4 is 0 Å². The van der Waals surface area contributed by atoms with Crippen molar-refractivity contribution in [1.82, 2.24) is 4.90 Å². The normalized spacial score (nSPS) is 9.86. The topological polar surface area (TPSA) is 37.4 Å². The monoisotopic (exact) mass is 275 g/mol. The number of halogens is 1.